The fraction of sp³-hybridized carbons (Fsp3) is 0.800. The molecule has 0 saturated carbocycles. The third-order valence-electron chi connectivity index (χ3n) is 1.08. The zero-order chi connectivity index (χ0) is 5.82. The number of hydrogen-bond donors (Lipinski definition) is 1. The molecule has 1 aliphatic heterocycles. The molecule has 47 valence electrons. The van der Waals surface area contributed by atoms with Gasteiger partial charge in [0.05, 0.1) is 13.7 Å². The van der Waals surface area contributed by atoms with E-state index in [0.717, 1.165) is 19.7 Å². The van der Waals surface area contributed by atoms with Gasteiger partial charge in [-0.1, -0.05) is 0 Å². The van der Waals surface area contributed by atoms with Gasteiger partial charge in [-0.2, -0.15) is 0 Å². The second kappa shape index (κ2) is 3.02. The van der Waals surface area contributed by atoms with Crippen LogP contribution >= 0.6 is 0 Å². The zero-order valence-electron chi connectivity index (χ0n) is 4.72. The monoisotopic (exact) mass is 116 g/mol. The maximum absolute atomic E-state index is 5.08. The van der Waals surface area contributed by atoms with Gasteiger partial charge >= 0.3 is 0 Å². The van der Waals surface area contributed by atoms with Crippen molar-refractivity contribution in [3.63, 3.8) is 0 Å². The minimum atomic E-state index is -0.135. The molecule has 0 aromatic carbocycles. The van der Waals surface area contributed by atoms with Gasteiger partial charge in [-0.3, -0.25) is 0 Å². The highest BCUT2D eigenvalue weighted by atomic mass is 16.7. The molecule has 0 aromatic rings. The van der Waals surface area contributed by atoms with Crippen molar-refractivity contribution in [1.29, 1.82) is 0 Å². The Bertz CT molecular complexity index is 61.4. The molecule has 1 N–H and O–H groups in total. The molecule has 1 aliphatic rings. The Morgan fingerprint density at radius 3 is 3.00 bits per heavy atom. The summed E-state index contributed by atoms with van der Waals surface area (Å²) in [6.07, 6.45) is -0.135. The Balaban J connectivity index is 2.13. The standard InChI is InChI=1S/C5H10NO2/c1-7-5-4-6-2-3-8-5/h5-6H,1-4H2. The third kappa shape index (κ3) is 1.43. The third-order valence-corrected chi connectivity index (χ3v) is 1.08. The largest absolute Gasteiger partial charge is 0.350 e. The Kier molecular flexibility index (Phi) is 2.27. The molecule has 1 rings (SSSR count). The van der Waals surface area contributed by atoms with E-state index >= 15 is 0 Å². The molecule has 1 heterocycles. The first kappa shape index (κ1) is 6.01. The van der Waals surface area contributed by atoms with Crippen LogP contribution in [0, 0.1) is 7.11 Å². The lowest BCUT2D eigenvalue weighted by molar-refractivity contribution is -0.121. The van der Waals surface area contributed by atoms with Crippen molar-refractivity contribution in [3.8, 4) is 0 Å². The van der Waals surface area contributed by atoms with E-state index in [4.69, 9.17) is 4.74 Å². The van der Waals surface area contributed by atoms with Gasteiger partial charge in [-0.25, -0.2) is 0 Å². The summed E-state index contributed by atoms with van der Waals surface area (Å²) in [7, 11) is 3.24. The van der Waals surface area contributed by atoms with Crippen molar-refractivity contribution in [3.05, 3.63) is 7.11 Å². The molecule has 0 aliphatic carbocycles. The van der Waals surface area contributed by atoms with Gasteiger partial charge < -0.3 is 14.8 Å². The van der Waals surface area contributed by atoms with Crippen LogP contribution in [0.25, 0.3) is 0 Å². The first-order chi connectivity index (χ1) is 3.93. The number of hydrogen-bond acceptors (Lipinski definition) is 3. The van der Waals surface area contributed by atoms with Crippen LogP contribution < -0.4 is 5.32 Å². The van der Waals surface area contributed by atoms with Gasteiger partial charge in [-0.05, 0) is 0 Å². The molecular weight excluding hydrogens is 106 g/mol. The molecule has 0 amide bonds. The maximum Gasteiger partial charge on any atom is 0.170 e. The van der Waals surface area contributed by atoms with E-state index in [1.54, 1.807) is 0 Å². The number of morpholine rings is 1. The minimum Gasteiger partial charge on any atom is -0.350 e. The second-order valence-corrected chi connectivity index (χ2v) is 1.67. The Hall–Kier alpha value is -0.120. The van der Waals surface area contributed by atoms with Crippen molar-refractivity contribution >= 4 is 0 Å². The number of ether oxygens (including phenoxy) is 2. The SMILES string of the molecule is [CH2]OC1CNCCO1. The summed E-state index contributed by atoms with van der Waals surface area (Å²) >= 11 is 0. The molecular formula is C5H10NO2. The van der Waals surface area contributed by atoms with Crippen LogP contribution in [0.3, 0.4) is 0 Å². The summed E-state index contributed by atoms with van der Waals surface area (Å²) in [6.45, 7) is 2.39. The van der Waals surface area contributed by atoms with E-state index < -0.39 is 0 Å². The fourth-order valence-electron chi connectivity index (χ4n) is 0.648. The molecule has 8 heavy (non-hydrogen) atoms. The van der Waals surface area contributed by atoms with E-state index in [0.29, 0.717) is 0 Å². The van der Waals surface area contributed by atoms with Gasteiger partial charge in [0.1, 0.15) is 0 Å². The van der Waals surface area contributed by atoms with Gasteiger partial charge in [0.2, 0.25) is 0 Å². The molecule has 1 saturated heterocycles. The molecule has 1 fully saturated rings. The highest BCUT2D eigenvalue weighted by molar-refractivity contribution is 4.56. The predicted molar refractivity (Wildman–Crippen MR) is 29.1 cm³/mol. The van der Waals surface area contributed by atoms with E-state index in [-0.39, 0.29) is 6.29 Å². The second-order valence-electron chi connectivity index (χ2n) is 1.67. The van der Waals surface area contributed by atoms with E-state index in [9.17, 15) is 0 Å². The minimum absolute atomic E-state index is 0.135. The molecule has 3 nitrogen and oxygen atoms in total. The summed E-state index contributed by atoms with van der Waals surface area (Å²) in [4.78, 5) is 0. The average Bonchev–Trinajstić information content (AvgIpc) is 1.90. The normalized spacial score (nSPS) is 30.4. The molecule has 0 aromatic heterocycles. The molecule has 1 unspecified atom stereocenters. The van der Waals surface area contributed by atoms with Crippen LogP contribution in [0.4, 0.5) is 0 Å². The van der Waals surface area contributed by atoms with Crippen LogP contribution in [0.1, 0.15) is 0 Å². The van der Waals surface area contributed by atoms with Crippen molar-refractivity contribution in [2.24, 2.45) is 0 Å². The van der Waals surface area contributed by atoms with E-state index in [1.165, 1.54) is 0 Å². The maximum atomic E-state index is 5.08. The molecule has 1 radical (unpaired) electrons. The van der Waals surface area contributed by atoms with Crippen LogP contribution in [0.15, 0.2) is 0 Å². The number of nitrogens with one attached hydrogen (secondary N) is 1. The van der Waals surface area contributed by atoms with Crippen molar-refractivity contribution in [2.45, 2.75) is 6.29 Å². The van der Waals surface area contributed by atoms with Crippen molar-refractivity contribution in [2.75, 3.05) is 19.7 Å². The predicted octanol–water partition coefficient (Wildman–Crippen LogP) is -0.260. The van der Waals surface area contributed by atoms with Crippen LogP contribution in [-0.4, -0.2) is 26.0 Å². The van der Waals surface area contributed by atoms with Gasteiger partial charge in [0.15, 0.2) is 6.29 Å². The highest BCUT2D eigenvalue weighted by Gasteiger charge is 2.09. The van der Waals surface area contributed by atoms with Gasteiger partial charge in [0.25, 0.3) is 0 Å². The van der Waals surface area contributed by atoms with Gasteiger partial charge in [-0.15, -0.1) is 0 Å². The lowest BCUT2D eigenvalue weighted by atomic mass is 10.5. The number of rotatable bonds is 1. The highest BCUT2D eigenvalue weighted by Crippen LogP contribution is 1.94. The lowest BCUT2D eigenvalue weighted by Crippen LogP contribution is -2.39. The Morgan fingerprint density at radius 1 is 1.75 bits per heavy atom. The summed E-state index contributed by atoms with van der Waals surface area (Å²) in [6, 6.07) is 0. The van der Waals surface area contributed by atoms with Crippen LogP contribution in [0.2, 0.25) is 0 Å². The van der Waals surface area contributed by atoms with Crippen LogP contribution in [-0.2, 0) is 9.47 Å². The summed E-state index contributed by atoms with van der Waals surface area (Å²) in [5.74, 6) is 0. The van der Waals surface area contributed by atoms with Crippen molar-refractivity contribution < 1.29 is 9.47 Å². The smallest absolute Gasteiger partial charge is 0.170 e. The fourth-order valence-corrected chi connectivity index (χ4v) is 0.648. The molecule has 0 bridgehead atoms. The van der Waals surface area contributed by atoms with Crippen molar-refractivity contribution in [1.82, 2.24) is 5.32 Å². The summed E-state index contributed by atoms with van der Waals surface area (Å²) < 4.78 is 9.74. The molecule has 0 spiro atoms. The Labute approximate surface area is 49.0 Å². The van der Waals surface area contributed by atoms with E-state index in [1.807, 2.05) is 0 Å². The molecule has 3 heteroatoms. The summed E-state index contributed by atoms with van der Waals surface area (Å²) in [5.41, 5.74) is 0. The first-order valence-electron chi connectivity index (χ1n) is 2.66. The quantitative estimate of drug-likeness (QED) is 0.512. The molecule has 1 atom stereocenters. The summed E-state index contributed by atoms with van der Waals surface area (Å²) in [5, 5.41) is 3.10. The zero-order valence-corrected chi connectivity index (χ0v) is 4.72. The topological polar surface area (TPSA) is 30.5 Å². The first-order valence-corrected chi connectivity index (χ1v) is 2.66. The van der Waals surface area contributed by atoms with Crippen LogP contribution in [0.5, 0.6) is 0 Å². The van der Waals surface area contributed by atoms with Gasteiger partial charge in [0, 0.05) is 13.1 Å². The Morgan fingerprint density at radius 2 is 2.62 bits per heavy atom. The average molecular weight is 116 g/mol. The lowest BCUT2D eigenvalue weighted by Gasteiger charge is -2.21. The van der Waals surface area contributed by atoms with E-state index in [2.05, 4.69) is 17.2 Å².